The lowest BCUT2D eigenvalue weighted by molar-refractivity contribution is -0.130. The van der Waals surface area contributed by atoms with Crippen LogP contribution in [0.5, 0.6) is 11.5 Å². The SMILES string of the molecule is COc1ccc(CC(=O)N2CCN(c3ncnc4c3nnn4-c3ccc(Cl)cc3)CC2)cc1OC. The Labute approximate surface area is 207 Å². The number of nitrogens with zero attached hydrogens (tertiary/aromatic N) is 7. The van der Waals surface area contributed by atoms with Gasteiger partial charge in [-0.05, 0) is 42.0 Å². The van der Waals surface area contributed by atoms with Crippen molar-refractivity contribution in [2.45, 2.75) is 6.42 Å². The van der Waals surface area contributed by atoms with Crippen molar-refractivity contribution in [3.63, 3.8) is 0 Å². The lowest BCUT2D eigenvalue weighted by atomic mass is 10.1. The molecule has 35 heavy (non-hydrogen) atoms. The summed E-state index contributed by atoms with van der Waals surface area (Å²) >= 11 is 6.01. The summed E-state index contributed by atoms with van der Waals surface area (Å²) < 4.78 is 12.3. The Hall–Kier alpha value is -3.92. The molecular formula is C24H24ClN7O3. The number of amides is 1. The molecule has 0 bridgehead atoms. The average molecular weight is 494 g/mol. The molecule has 0 aliphatic carbocycles. The van der Waals surface area contributed by atoms with E-state index in [0.29, 0.717) is 66.1 Å². The quantitative estimate of drug-likeness (QED) is 0.404. The number of rotatable bonds is 6. The Kier molecular flexibility index (Phi) is 6.37. The molecule has 10 nitrogen and oxygen atoms in total. The molecule has 2 aromatic carbocycles. The second-order valence-corrected chi connectivity index (χ2v) is 8.52. The lowest BCUT2D eigenvalue weighted by Gasteiger charge is -2.35. The maximum Gasteiger partial charge on any atom is 0.227 e. The van der Waals surface area contributed by atoms with E-state index in [4.69, 9.17) is 21.1 Å². The van der Waals surface area contributed by atoms with Gasteiger partial charge in [0.1, 0.15) is 6.33 Å². The Morgan fingerprint density at radius 2 is 1.71 bits per heavy atom. The fourth-order valence-electron chi connectivity index (χ4n) is 4.17. The van der Waals surface area contributed by atoms with Crippen LogP contribution in [0.1, 0.15) is 5.56 Å². The minimum atomic E-state index is 0.0680. The van der Waals surface area contributed by atoms with Crippen LogP contribution in [0, 0.1) is 0 Å². The van der Waals surface area contributed by atoms with E-state index < -0.39 is 0 Å². The van der Waals surface area contributed by atoms with Gasteiger partial charge in [0, 0.05) is 31.2 Å². The Balaban J connectivity index is 1.28. The van der Waals surface area contributed by atoms with Gasteiger partial charge in [-0.2, -0.15) is 4.68 Å². The monoisotopic (exact) mass is 493 g/mol. The van der Waals surface area contributed by atoms with Gasteiger partial charge in [0.15, 0.2) is 28.5 Å². The molecule has 2 aromatic heterocycles. The van der Waals surface area contributed by atoms with Gasteiger partial charge in [-0.15, -0.1) is 5.10 Å². The number of hydrogen-bond donors (Lipinski definition) is 0. The normalized spacial score (nSPS) is 13.8. The van der Waals surface area contributed by atoms with E-state index in [0.717, 1.165) is 11.3 Å². The van der Waals surface area contributed by atoms with Crippen LogP contribution < -0.4 is 14.4 Å². The number of halogens is 1. The number of carbonyl (C=O) groups excluding carboxylic acids is 1. The molecule has 11 heteroatoms. The van der Waals surface area contributed by atoms with Crippen molar-refractivity contribution in [1.29, 1.82) is 0 Å². The number of fused-ring (bicyclic) bond motifs is 1. The second kappa shape index (κ2) is 9.75. The first-order chi connectivity index (χ1) is 17.1. The fraction of sp³-hybridized carbons (Fsp3) is 0.292. The number of aromatic nitrogens is 5. The molecule has 1 saturated heterocycles. The lowest BCUT2D eigenvalue weighted by Crippen LogP contribution is -2.49. The maximum atomic E-state index is 12.9. The number of ether oxygens (including phenoxy) is 2. The van der Waals surface area contributed by atoms with Crippen molar-refractivity contribution in [2.24, 2.45) is 0 Å². The third-order valence-corrected chi connectivity index (χ3v) is 6.28. The van der Waals surface area contributed by atoms with E-state index in [1.807, 2.05) is 35.2 Å². The highest BCUT2D eigenvalue weighted by molar-refractivity contribution is 6.30. The molecule has 1 aliphatic heterocycles. The van der Waals surface area contributed by atoms with Crippen molar-refractivity contribution in [3.8, 4) is 17.2 Å². The molecule has 1 aliphatic rings. The molecule has 0 spiro atoms. The molecule has 5 rings (SSSR count). The van der Waals surface area contributed by atoms with Gasteiger partial charge in [-0.25, -0.2) is 9.97 Å². The molecule has 0 N–H and O–H groups in total. The first kappa shape index (κ1) is 22.9. The third kappa shape index (κ3) is 4.57. The summed E-state index contributed by atoms with van der Waals surface area (Å²) in [6, 6.07) is 12.9. The second-order valence-electron chi connectivity index (χ2n) is 8.08. The fourth-order valence-corrected chi connectivity index (χ4v) is 4.30. The van der Waals surface area contributed by atoms with E-state index in [9.17, 15) is 4.79 Å². The van der Waals surface area contributed by atoms with Crippen molar-refractivity contribution < 1.29 is 14.3 Å². The zero-order chi connectivity index (χ0) is 24.4. The summed E-state index contributed by atoms with van der Waals surface area (Å²) in [5.74, 6) is 2.03. The summed E-state index contributed by atoms with van der Waals surface area (Å²) in [7, 11) is 3.17. The summed E-state index contributed by atoms with van der Waals surface area (Å²) in [6.45, 7) is 2.45. The highest BCUT2D eigenvalue weighted by atomic mass is 35.5. The van der Waals surface area contributed by atoms with Crippen molar-refractivity contribution >= 4 is 34.5 Å². The number of hydrogen-bond acceptors (Lipinski definition) is 8. The number of benzene rings is 2. The van der Waals surface area contributed by atoms with Crippen LogP contribution in [0.2, 0.25) is 5.02 Å². The Morgan fingerprint density at radius 1 is 0.971 bits per heavy atom. The largest absolute Gasteiger partial charge is 0.493 e. The number of carbonyl (C=O) groups is 1. The zero-order valence-corrected chi connectivity index (χ0v) is 20.1. The average Bonchev–Trinajstić information content (AvgIpc) is 3.33. The summed E-state index contributed by atoms with van der Waals surface area (Å²) in [4.78, 5) is 25.8. The highest BCUT2D eigenvalue weighted by Gasteiger charge is 2.25. The van der Waals surface area contributed by atoms with Gasteiger partial charge in [-0.3, -0.25) is 4.79 Å². The molecule has 180 valence electrons. The van der Waals surface area contributed by atoms with Crippen LogP contribution in [-0.4, -0.2) is 76.2 Å². The van der Waals surface area contributed by atoms with E-state index >= 15 is 0 Å². The molecule has 0 saturated carbocycles. The zero-order valence-electron chi connectivity index (χ0n) is 19.4. The molecular weight excluding hydrogens is 470 g/mol. The number of methoxy groups -OCH3 is 2. The van der Waals surface area contributed by atoms with Crippen LogP contribution >= 0.6 is 11.6 Å². The number of anilines is 1. The smallest absolute Gasteiger partial charge is 0.227 e. The van der Waals surface area contributed by atoms with Gasteiger partial charge >= 0.3 is 0 Å². The molecule has 0 unspecified atom stereocenters. The summed E-state index contributed by atoms with van der Waals surface area (Å²) in [5, 5.41) is 9.27. The van der Waals surface area contributed by atoms with E-state index in [1.54, 1.807) is 31.0 Å². The van der Waals surface area contributed by atoms with E-state index in [2.05, 4.69) is 25.2 Å². The van der Waals surface area contributed by atoms with Crippen LogP contribution in [0.3, 0.4) is 0 Å². The first-order valence-corrected chi connectivity index (χ1v) is 11.5. The van der Waals surface area contributed by atoms with Crippen molar-refractivity contribution in [1.82, 2.24) is 29.9 Å². The van der Waals surface area contributed by atoms with Crippen LogP contribution in [-0.2, 0) is 11.2 Å². The van der Waals surface area contributed by atoms with E-state index in [-0.39, 0.29) is 5.91 Å². The van der Waals surface area contributed by atoms with Crippen molar-refractivity contribution in [3.05, 3.63) is 59.4 Å². The number of piperazine rings is 1. The molecule has 0 radical (unpaired) electrons. The highest BCUT2D eigenvalue weighted by Crippen LogP contribution is 2.28. The molecule has 1 fully saturated rings. The molecule has 1 amide bonds. The minimum Gasteiger partial charge on any atom is -0.493 e. The van der Waals surface area contributed by atoms with Gasteiger partial charge in [0.25, 0.3) is 0 Å². The summed E-state index contributed by atoms with van der Waals surface area (Å²) in [5.41, 5.74) is 2.93. The predicted octanol–water partition coefficient (Wildman–Crippen LogP) is 2.77. The summed E-state index contributed by atoms with van der Waals surface area (Å²) in [6.07, 6.45) is 1.82. The van der Waals surface area contributed by atoms with E-state index in [1.165, 1.54) is 6.33 Å². The van der Waals surface area contributed by atoms with Gasteiger partial charge in [0.2, 0.25) is 5.91 Å². The van der Waals surface area contributed by atoms with Crippen LogP contribution in [0.15, 0.2) is 48.8 Å². The van der Waals surface area contributed by atoms with Gasteiger partial charge in [-0.1, -0.05) is 22.9 Å². The molecule has 3 heterocycles. The van der Waals surface area contributed by atoms with Crippen molar-refractivity contribution in [2.75, 3.05) is 45.3 Å². The third-order valence-electron chi connectivity index (χ3n) is 6.02. The topological polar surface area (TPSA) is 98.5 Å². The van der Waals surface area contributed by atoms with Gasteiger partial charge in [0.05, 0.1) is 26.3 Å². The Bertz CT molecular complexity index is 1350. The first-order valence-electron chi connectivity index (χ1n) is 11.1. The molecule has 0 atom stereocenters. The molecule has 4 aromatic rings. The standard InChI is InChI=1S/C24H24ClN7O3/c1-34-19-8-3-16(13-20(19)35-2)14-21(33)30-9-11-31(12-10-30)23-22-24(27-15-26-23)32(29-28-22)18-6-4-17(25)5-7-18/h3-8,13,15H,9-12,14H2,1-2H3. The maximum absolute atomic E-state index is 12.9. The Morgan fingerprint density at radius 3 is 2.43 bits per heavy atom. The van der Waals surface area contributed by atoms with Crippen LogP contribution in [0.4, 0.5) is 5.82 Å². The predicted molar refractivity (Wildman–Crippen MR) is 132 cm³/mol. The minimum absolute atomic E-state index is 0.0680. The van der Waals surface area contributed by atoms with Crippen LogP contribution in [0.25, 0.3) is 16.9 Å². The van der Waals surface area contributed by atoms with Gasteiger partial charge < -0.3 is 19.3 Å².